The van der Waals surface area contributed by atoms with E-state index in [1.165, 1.54) is 0 Å². The van der Waals surface area contributed by atoms with E-state index in [9.17, 15) is 14.7 Å². The minimum atomic E-state index is -1.18. The van der Waals surface area contributed by atoms with Crippen molar-refractivity contribution in [1.29, 1.82) is 0 Å². The lowest BCUT2D eigenvalue weighted by Gasteiger charge is -2.27. The van der Waals surface area contributed by atoms with Gasteiger partial charge in [0.1, 0.15) is 0 Å². The van der Waals surface area contributed by atoms with Gasteiger partial charge in [0.05, 0.1) is 18.1 Å². The minimum Gasteiger partial charge on any atom is -0.550 e. The molecule has 5 nitrogen and oxygen atoms in total. The number of carboxylic acid groups (broad SMARTS) is 1. The summed E-state index contributed by atoms with van der Waals surface area (Å²) in [6, 6.07) is 9.84. The Morgan fingerprint density at radius 3 is 2.48 bits per heavy atom. The van der Waals surface area contributed by atoms with E-state index in [1.54, 1.807) is 0 Å². The van der Waals surface area contributed by atoms with Crippen molar-refractivity contribution in [2.45, 2.75) is 31.5 Å². The van der Waals surface area contributed by atoms with Crippen molar-refractivity contribution in [2.24, 2.45) is 11.8 Å². The van der Waals surface area contributed by atoms with Crippen molar-refractivity contribution in [3.8, 4) is 0 Å². The maximum Gasteiger partial charge on any atom is 0.226 e. The number of nitrogens with one attached hydrogen (secondary N) is 1. The number of rotatable bonds is 5. The van der Waals surface area contributed by atoms with Gasteiger partial charge in [-0.2, -0.15) is 0 Å². The highest BCUT2D eigenvalue weighted by atomic mass is 16.5. The van der Waals surface area contributed by atoms with Crippen LogP contribution in [-0.4, -0.2) is 30.6 Å². The van der Waals surface area contributed by atoms with Crippen LogP contribution < -0.4 is 10.4 Å². The first kappa shape index (κ1) is 14.1. The zero-order valence-electron chi connectivity index (χ0n) is 11.7. The molecule has 2 aliphatic rings. The number of hydrogen-bond donors (Lipinski definition) is 1. The molecular formula is C16H18NO4-. The normalized spacial score (nSPS) is 30.3. The zero-order chi connectivity index (χ0) is 14.8. The first-order valence-corrected chi connectivity index (χ1v) is 7.35. The van der Waals surface area contributed by atoms with Crippen LogP contribution in [0.25, 0.3) is 0 Å². The lowest BCUT2D eigenvalue weighted by molar-refractivity contribution is -0.314. The van der Waals surface area contributed by atoms with E-state index in [0.29, 0.717) is 13.0 Å². The zero-order valence-corrected chi connectivity index (χ0v) is 11.7. The van der Waals surface area contributed by atoms with Gasteiger partial charge in [0, 0.05) is 18.4 Å². The van der Waals surface area contributed by atoms with E-state index in [1.807, 2.05) is 30.3 Å². The molecule has 1 amide bonds. The molecule has 3 rings (SSSR count). The van der Waals surface area contributed by atoms with E-state index >= 15 is 0 Å². The van der Waals surface area contributed by atoms with Gasteiger partial charge in [-0.25, -0.2) is 0 Å². The smallest absolute Gasteiger partial charge is 0.226 e. The highest BCUT2D eigenvalue weighted by molar-refractivity contribution is 5.86. The van der Waals surface area contributed by atoms with E-state index in [0.717, 1.165) is 18.4 Å². The Morgan fingerprint density at radius 1 is 1.14 bits per heavy atom. The molecule has 0 radical (unpaired) electrons. The molecule has 0 aromatic heterocycles. The Balaban J connectivity index is 1.56. The van der Waals surface area contributed by atoms with Crippen LogP contribution in [0.1, 0.15) is 18.4 Å². The Bertz CT molecular complexity index is 530. The maximum absolute atomic E-state index is 12.3. The number of carbonyl (C=O) groups excluding carboxylic acids is 2. The largest absolute Gasteiger partial charge is 0.550 e. The summed E-state index contributed by atoms with van der Waals surface area (Å²) < 4.78 is 5.56. The fourth-order valence-corrected chi connectivity index (χ4v) is 3.40. The molecule has 2 fully saturated rings. The molecule has 0 aliphatic carbocycles. The van der Waals surface area contributed by atoms with Crippen LogP contribution in [0.15, 0.2) is 30.3 Å². The molecule has 1 aromatic carbocycles. The predicted octanol–water partition coefficient (Wildman–Crippen LogP) is -0.111. The van der Waals surface area contributed by atoms with Gasteiger partial charge >= 0.3 is 0 Å². The number of amides is 1. The van der Waals surface area contributed by atoms with Crippen LogP contribution in [0.4, 0.5) is 0 Å². The first-order valence-electron chi connectivity index (χ1n) is 7.35. The van der Waals surface area contributed by atoms with E-state index in [4.69, 9.17) is 4.74 Å². The lowest BCUT2D eigenvalue weighted by atomic mass is 9.78. The molecule has 2 aliphatic heterocycles. The fraction of sp³-hybridized carbons (Fsp3) is 0.500. The van der Waals surface area contributed by atoms with Gasteiger partial charge in [0.25, 0.3) is 0 Å². The third kappa shape index (κ3) is 2.78. The van der Waals surface area contributed by atoms with Gasteiger partial charge in [-0.15, -0.1) is 0 Å². The second-order valence-electron chi connectivity index (χ2n) is 5.69. The molecule has 2 bridgehead atoms. The van der Waals surface area contributed by atoms with Gasteiger partial charge in [0.15, 0.2) is 0 Å². The van der Waals surface area contributed by atoms with Crippen molar-refractivity contribution in [3.63, 3.8) is 0 Å². The summed E-state index contributed by atoms with van der Waals surface area (Å²) in [4.78, 5) is 23.5. The molecule has 112 valence electrons. The molecule has 0 unspecified atom stereocenters. The highest BCUT2D eigenvalue weighted by Gasteiger charge is 2.52. The monoisotopic (exact) mass is 288 g/mol. The van der Waals surface area contributed by atoms with Gasteiger partial charge in [0.2, 0.25) is 5.91 Å². The van der Waals surface area contributed by atoms with Gasteiger partial charge in [-0.1, -0.05) is 30.3 Å². The van der Waals surface area contributed by atoms with Crippen molar-refractivity contribution in [3.05, 3.63) is 35.9 Å². The summed E-state index contributed by atoms with van der Waals surface area (Å²) in [6.45, 7) is 0.497. The molecule has 2 heterocycles. The third-order valence-corrected chi connectivity index (χ3v) is 4.40. The van der Waals surface area contributed by atoms with Crippen LogP contribution in [0.2, 0.25) is 0 Å². The Labute approximate surface area is 123 Å². The molecule has 1 N–H and O–H groups in total. The van der Waals surface area contributed by atoms with Crippen molar-refractivity contribution < 1.29 is 19.4 Å². The Morgan fingerprint density at radius 2 is 1.81 bits per heavy atom. The SMILES string of the molecule is O=C([O-])[C@@H]1[C@H](C(=O)NCCc2ccccc2)[C@H]2CC[C@@H]1O2. The molecular weight excluding hydrogens is 270 g/mol. The second-order valence-corrected chi connectivity index (χ2v) is 5.69. The average Bonchev–Trinajstić information content (AvgIpc) is 3.08. The van der Waals surface area contributed by atoms with Crippen LogP contribution in [0, 0.1) is 11.8 Å². The molecule has 0 saturated carbocycles. The number of fused-ring (bicyclic) bond motifs is 2. The third-order valence-electron chi connectivity index (χ3n) is 4.40. The maximum atomic E-state index is 12.3. The number of carbonyl (C=O) groups is 2. The number of aliphatic carboxylic acids is 1. The first-order chi connectivity index (χ1) is 10.2. The van der Waals surface area contributed by atoms with Crippen molar-refractivity contribution >= 4 is 11.9 Å². The predicted molar refractivity (Wildman–Crippen MR) is 73.0 cm³/mol. The van der Waals surface area contributed by atoms with Crippen LogP contribution >= 0.6 is 0 Å². The quantitative estimate of drug-likeness (QED) is 0.820. The van der Waals surface area contributed by atoms with Crippen LogP contribution in [0.5, 0.6) is 0 Å². The van der Waals surface area contributed by atoms with E-state index in [2.05, 4.69) is 5.32 Å². The molecule has 2 saturated heterocycles. The molecule has 0 spiro atoms. The number of carboxylic acids is 1. The molecule has 21 heavy (non-hydrogen) atoms. The summed E-state index contributed by atoms with van der Waals surface area (Å²) in [5, 5.41) is 14.1. The number of hydrogen-bond acceptors (Lipinski definition) is 4. The summed E-state index contributed by atoms with van der Waals surface area (Å²) in [6.07, 6.45) is 1.56. The van der Waals surface area contributed by atoms with Gasteiger partial charge in [-0.3, -0.25) is 4.79 Å². The second kappa shape index (κ2) is 5.85. The van der Waals surface area contributed by atoms with Crippen LogP contribution in [0.3, 0.4) is 0 Å². The van der Waals surface area contributed by atoms with Crippen molar-refractivity contribution in [1.82, 2.24) is 5.32 Å². The minimum absolute atomic E-state index is 0.229. The van der Waals surface area contributed by atoms with E-state index < -0.39 is 17.8 Å². The van der Waals surface area contributed by atoms with Gasteiger partial charge < -0.3 is 20.0 Å². The highest BCUT2D eigenvalue weighted by Crippen LogP contribution is 2.43. The topological polar surface area (TPSA) is 78.5 Å². The molecule has 4 atom stereocenters. The molecule has 1 aromatic rings. The standard InChI is InChI=1S/C16H19NO4/c18-15(17-9-8-10-4-2-1-3-5-10)13-11-6-7-12(21-11)14(13)16(19)20/h1-5,11-14H,6-9H2,(H,17,18)(H,19,20)/p-1/t11-,12+,13-,14+/m1/s1. The Hall–Kier alpha value is -1.88. The van der Waals surface area contributed by atoms with Gasteiger partial charge in [-0.05, 0) is 24.8 Å². The Kier molecular flexibility index (Phi) is 3.92. The summed E-state index contributed by atoms with van der Waals surface area (Å²) in [7, 11) is 0. The summed E-state index contributed by atoms with van der Waals surface area (Å²) in [5.41, 5.74) is 1.14. The summed E-state index contributed by atoms with van der Waals surface area (Å²) >= 11 is 0. The lowest BCUT2D eigenvalue weighted by Crippen LogP contribution is -2.48. The van der Waals surface area contributed by atoms with Crippen LogP contribution in [-0.2, 0) is 20.7 Å². The molecule has 5 heteroatoms. The summed E-state index contributed by atoms with van der Waals surface area (Å²) in [5.74, 6) is -2.82. The van der Waals surface area contributed by atoms with Crippen molar-refractivity contribution in [2.75, 3.05) is 6.54 Å². The number of benzene rings is 1. The average molecular weight is 288 g/mol. The fourth-order valence-electron chi connectivity index (χ4n) is 3.40. The van der Waals surface area contributed by atoms with E-state index in [-0.39, 0.29) is 18.1 Å². The number of ether oxygens (including phenoxy) is 1.